The Bertz CT molecular complexity index is 690. The molecule has 3 N–H and O–H groups in total. The minimum Gasteiger partial charge on any atom is -0.347 e. The number of nitrogens with two attached hydrogens (primary N) is 1. The molecule has 1 saturated heterocycles. The van der Waals surface area contributed by atoms with E-state index in [9.17, 15) is 4.79 Å². The van der Waals surface area contributed by atoms with Gasteiger partial charge in [0.25, 0.3) is 5.91 Å². The van der Waals surface area contributed by atoms with Crippen LogP contribution in [-0.4, -0.2) is 28.9 Å². The summed E-state index contributed by atoms with van der Waals surface area (Å²) in [6.07, 6.45) is 2.60. The lowest BCUT2D eigenvalue weighted by atomic mass is 9.99. The van der Waals surface area contributed by atoms with E-state index in [1.54, 1.807) is 5.38 Å². The van der Waals surface area contributed by atoms with Gasteiger partial charge in [0.15, 0.2) is 0 Å². The van der Waals surface area contributed by atoms with E-state index in [1.807, 2.05) is 0 Å². The van der Waals surface area contributed by atoms with Crippen molar-refractivity contribution in [3.63, 3.8) is 0 Å². The number of thiazole rings is 1. The smallest absolute Gasteiger partial charge is 0.271 e. The van der Waals surface area contributed by atoms with Crippen LogP contribution in [0, 0.1) is 5.92 Å². The van der Waals surface area contributed by atoms with Gasteiger partial charge >= 0.3 is 0 Å². The van der Waals surface area contributed by atoms with Gasteiger partial charge in [-0.2, -0.15) is 0 Å². The topological polar surface area (TPSA) is 71.2 Å². The summed E-state index contributed by atoms with van der Waals surface area (Å²) in [6.45, 7) is 6.61. The Balaban J connectivity index is 1.48. The zero-order valence-electron chi connectivity index (χ0n) is 14.7. The summed E-state index contributed by atoms with van der Waals surface area (Å²) in [5, 5.41) is 5.44. The van der Waals surface area contributed by atoms with Crippen molar-refractivity contribution >= 4 is 17.2 Å². The quantitative estimate of drug-likeness (QED) is 0.833. The maximum absolute atomic E-state index is 12.1. The molecule has 3 rings (SSSR count). The number of carbonyl (C=O) groups is 1. The van der Waals surface area contributed by atoms with Crippen LogP contribution in [0.1, 0.15) is 46.4 Å². The number of carbonyl (C=O) groups excluding carboxylic acids is 1. The van der Waals surface area contributed by atoms with Gasteiger partial charge in [-0.1, -0.05) is 31.2 Å². The first-order valence-corrected chi connectivity index (χ1v) is 9.75. The van der Waals surface area contributed by atoms with Gasteiger partial charge in [-0.15, -0.1) is 11.3 Å². The second-order valence-corrected chi connectivity index (χ2v) is 7.73. The first kappa shape index (κ1) is 18.0. The predicted octanol–water partition coefficient (Wildman–Crippen LogP) is 2.76. The molecular weight excluding hydrogens is 332 g/mol. The molecule has 0 radical (unpaired) electrons. The molecule has 0 spiro atoms. The van der Waals surface area contributed by atoms with Crippen LogP contribution < -0.4 is 11.1 Å². The van der Waals surface area contributed by atoms with E-state index in [0.29, 0.717) is 18.8 Å². The summed E-state index contributed by atoms with van der Waals surface area (Å²) >= 11 is 1.42. The fraction of sp³-hybridized carbons (Fsp3) is 0.474. The van der Waals surface area contributed by atoms with Crippen molar-refractivity contribution < 1.29 is 4.79 Å². The van der Waals surface area contributed by atoms with E-state index in [4.69, 9.17) is 5.73 Å². The second-order valence-electron chi connectivity index (χ2n) is 6.79. The SMILES string of the molecule is CC1CCN(Cc2ccc(CNC(=O)c3csc(CN)n3)cc2)CC1. The molecular formula is C19H26N4OS. The molecule has 1 aliphatic heterocycles. The number of nitrogens with one attached hydrogen (secondary N) is 1. The number of nitrogens with zero attached hydrogens (tertiary/aromatic N) is 2. The van der Waals surface area contributed by atoms with Gasteiger partial charge in [0, 0.05) is 25.0 Å². The summed E-state index contributed by atoms with van der Waals surface area (Å²) < 4.78 is 0. The lowest BCUT2D eigenvalue weighted by molar-refractivity contribution is 0.0946. The van der Waals surface area contributed by atoms with Gasteiger partial charge in [-0.05, 0) is 43.0 Å². The molecule has 0 unspecified atom stereocenters. The first-order valence-electron chi connectivity index (χ1n) is 8.87. The molecule has 1 aromatic heterocycles. The van der Waals surface area contributed by atoms with Crippen LogP contribution in [0.2, 0.25) is 0 Å². The minimum atomic E-state index is -0.150. The second kappa shape index (κ2) is 8.56. The van der Waals surface area contributed by atoms with Crippen molar-refractivity contribution in [2.24, 2.45) is 11.7 Å². The first-order chi connectivity index (χ1) is 12.1. The third-order valence-corrected chi connectivity index (χ3v) is 5.59. The molecule has 1 fully saturated rings. The molecule has 1 amide bonds. The lowest BCUT2D eigenvalue weighted by Gasteiger charge is -2.30. The number of hydrogen-bond acceptors (Lipinski definition) is 5. The number of piperidine rings is 1. The van der Waals surface area contributed by atoms with Crippen molar-refractivity contribution in [1.29, 1.82) is 0 Å². The minimum absolute atomic E-state index is 0.150. The van der Waals surface area contributed by atoms with Crippen molar-refractivity contribution in [3.8, 4) is 0 Å². The van der Waals surface area contributed by atoms with E-state index in [1.165, 1.54) is 42.8 Å². The van der Waals surface area contributed by atoms with Gasteiger partial charge in [-0.25, -0.2) is 4.98 Å². The number of benzene rings is 1. The van der Waals surface area contributed by atoms with Crippen LogP contribution in [-0.2, 0) is 19.6 Å². The molecule has 2 aromatic rings. The molecule has 0 atom stereocenters. The molecule has 1 aliphatic rings. The van der Waals surface area contributed by atoms with Gasteiger partial charge in [-0.3, -0.25) is 9.69 Å². The van der Waals surface area contributed by atoms with Gasteiger partial charge in [0.1, 0.15) is 10.7 Å². The van der Waals surface area contributed by atoms with Crippen LogP contribution in [0.25, 0.3) is 0 Å². The highest BCUT2D eigenvalue weighted by atomic mass is 32.1. The fourth-order valence-electron chi connectivity index (χ4n) is 3.02. The molecule has 1 aromatic carbocycles. The lowest BCUT2D eigenvalue weighted by Crippen LogP contribution is -2.32. The van der Waals surface area contributed by atoms with Crippen LogP contribution in [0.3, 0.4) is 0 Å². The van der Waals surface area contributed by atoms with Gasteiger partial charge in [0.05, 0.1) is 0 Å². The summed E-state index contributed by atoms with van der Waals surface area (Å²) in [5.41, 5.74) is 8.40. The van der Waals surface area contributed by atoms with Gasteiger partial charge in [0.2, 0.25) is 0 Å². The van der Waals surface area contributed by atoms with Gasteiger partial charge < -0.3 is 11.1 Å². The average molecular weight is 359 g/mol. The van der Waals surface area contributed by atoms with E-state index in [2.05, 4.69) is 46.4 Å². The molecule has 5 nitrogen and oxygen atoms in total. The van der Waals surface area contributed by atoms with Crippen LogP contribution >= 0.6 is 11.3 Å². The Morgan fingerprint density at radius 1 is 1.28 bits per heavy atom. The summed E-state index contributed by atoms with van der Waals surface area (Å²) in [6, 6.07) is 8.51. The average Bonchev–Trinajstić information content (AvgIpc) is 3.12. The third kappa shape index (κ3) is 5.11. The van der Waals surface area contributed by atoms with E-state index < -0.39 is 0 Å². The monoisotopic (exact) mass is 358 g/mol. The van der Waals surface area contributed by atoms with Crippen LogP contribution in [0.15, 0.2) is 29.6 Å². The molecule has 0 aliphatic carbocycles. The molecule has 134 valence electrons. The molecule has 2 heterocycles. The van der Waals surface area contributed by atoms with Crippen molar-refractivity contribution in [2.75, 3.05) is 13.1 Å². The number of aromatic nitrogens is 1. The highest BCUT2D eigenvalue weighted by Crippen LogP contribution is 2.18. The third-order valence-electron chi connectivity index (χ3n) is 4.72. The molecule has 6 heteroatoms. The summed E-state index contributed by atoms with van der Waals surface area (Å²) in [4.78, 5) is 18.8. The normalized spacial score (nSPS) is 16.1. The Morgan fingerprint density at radius 2 is 1.96 bits per heavy atom. The van der Waals surface area contributed by atoms with Crippen molar-refractivity contribution in [2.45, 2.75) is 39.4 Å². The Kier molecular flexibility index (Phi) is 6.18. The Morgan fingerprint density at radius 3 is 2.60 bits per heavy atom. The standard InChI is InChI=1S/C19H26N4OS/c1-14-6-8-23(9-7-14)12-16-4-2-15(3-5-16)11-21-19(24)17-13-25-18(10-20)22-17/h2-5,13-14H,6-12,20H2,1H3,(H,21,24). The van der Waals surface area contributed by atoms with E-state index in [0.717, 1.165) is 23.0 Å². The Labute approximate surface area is 153 Å². The van der Waals surface area contributed by atoms with Crippen LogP contribution in [0.4, 0.5) is 0 Å². The van der Waals surface area contributed by atoms with E-state index in [-0.39, 0.29) is 5.91 Å². The summed E-state index contributed by atoms with van der Waals surface area (Å²) in [7, 11) is 0. The number of rotatable bonds is 6. The Hall–Kier alpha value is -1.76. The van der Waals surface area contributed by atoms with Crippen molar-refractivity contribution in [3.05, 3.63) is 51.5 Å². The summed E-state index contributed by atoms with van der Waals surface area (Å²) in [5.74, 6) is 0.711. The highest BCUT2D eigenvalue weighted by Gasteiger charge is 2.15. The molecule has 0 bridgehead atoms. The molecule has 25 heavy (non-hydrogen) atoms. The largest absolute Gasteiger partial charge is 0.347 e. The predicted molar refractivity (Wildman–Crippen MR) is 101 cm³/mol. The maximum atomic E-state index is 12.1. The van der Waals surface area contributed by atoms with E-state index >= 15 is 0 Å². The van der Waals surface area contributed by atoms with Crippen molar-refractivity contribution in [1.82, 2.24) is 15.2 Å². The maximum Gasteiger partial charge on any atom is 0.271 e. The molecule has 0 saturated carbocycles. The van der Waals surface area contributed by atoms with Crippen LogP contribution in [0.5, 0.6) is 0 Å². The zero-order chi connectivity index (χ0) is 17.6. The number of likely N-dealkylation sites (tertiary alicyclic amines) is 1. The fourth-order valence-corrected chi connectivity index (χ4v) is 3.68. The highest BCUT2D eigenvalue weighted by molar-refractivity contribution is 7.09. The number of hydrogen-bond donors (Lipinski definition) is 2. The zero-order valence-corrected chi connectivity index (χ0v) is 15.5. The number of amides is 1.